The number of H-pyrrole nitrogens is 1. The smallest absolute Gasteiger partial charge is 0.248 e. The second-order valence-corrected chi connectivity index (χ2v) is 1.94. The number of nitrogens with two attached hydrogens (primary N) is 1. The molecular formula is C8H14N2O. The minimum Gasteiger partial charge on any atom is -0.397 e. The summed E-state index contributed by atoms with van der Waals surface area (Å²) >= 11 is 0. The molecule has 1 aromatic heterocycles. The van der Waals surface area contributed by atoms with Gasteiger partial charge in [0.05, 0.1) is 5.69 Å². The summed E-state index contributed by atoms with van der Waals surface area (Å²) in [6.07, 6.45) is 1.50. The third kappa shape index (κ3) is 2.89. The van der Waals surface area contributed by atoms with Crippen LogP contribution in [-0.4, -0.2) is 4.98 Å². The Labute approximate surface area is 66.3 Å². The van der Waals surface area contributed by atoms with E-state index in [0.29, 0.717) is 5.69 Å². The number of aryl methyl sites for hydroxylation is 1. The fourth-order valence-corrected chi connectivity index (χ4v) is 0.584. The molecule has 0 spiro atoms. The summed E-state index contributed by atoms with van der Waals surface area (Å²) in [4.78, 5) is 13.0. The van der Waals surface area contributed by atoms with Crippen molar-refractivity contribution in [3.8, 4) is 0 Å². The standard InChI is InChI=1S/C6H8N2O.C2H6/c1-4-2-6(9)8-3-5(4)7;1-2/h2-3H,7H2,1H3,(H,8,9);1-2H3. The quantitative estimate of drug-likeness (QED) is 0.591. The van der Waals surface area contributed by atoms with Crippen LogP contribution in [0.25, 0.3) is 0 Å². The van der Waals surface area contributed by atoms with Crippen LogP contribution in [0, 0.1) is 6.92 Å². The lowest BCUT2D eigenvalue weighted by molar-refractivity contribution is 1.21. The zero-order chi connectivity index (χ0) is 8.85. The Kier molecular flexibility index (Phi) is 4.03. The Morgan fingerprint density at radius 2 is 2.00 bits per heavy atom. The summed E-state index contributed by atoms with van der Waals surface area (Å²) in [5.74, 6) is 0. The molecule has 0 amide bonds. The van der Waals surface area contributed by atoms with Crippen LogP contribution in [0.15, 0.2) is 17.1 Å². The second-order valence-electron chi connectivity index (χ2n) is 1.94. The van der Waals surface area contributed by atoms with Crippen molar-refractivity contribution in [2.45, 2.75) is 20.8 Å². The molecule has 1 heterocycles. The topological polar surface area (TPSA) is 58.9 Å². The summed E-state index contributed by atoms with van der Waals surface area (Å²) in [5.41, 5.74) is 6.75. The Bertz CT molecular complexity index is 265. The monoisotopic (exact) mass is 154 g/mol. The van der Waals surface area contributed by atoms with Crippen LogP contribution < -0.4 is 11.3 Å². The van der Waals surface area contributed by atoms with Crippen molar-refractivity contribution in [2.24, 2.45) is 0 Å². The molecule has 0 radical (unpaired) electrons. The Balaban J connectivity index is 0.000000461. The zero-order valence-corrected chi connectivity index (χ0v) is 7.14. The zero-order valence-electron chi connectivity index (χ0n) is 7.14. The van der Waals surface area contributed by atoms with Gasteiger partial charge < -0.3 is 10.7 Å². The highest BCUT2D eigenvalue weighted by atomic mass is 16.1. The molecule has 3 nitrogen and oxygen atoms in total. The van der Waals surface area contributed by atoms with Crippen molar-refractivity contribution in [3.63, 3.8) is 0 Å². The number of rotatable bonds is 0. The van der Waals surface area contributed by atoms with E-state index in [4.69, 9.17) is 5.73 Å². The first-order chi connectivity index (χ1) is 5.20. The molecule has 0 aliphatic rings. The van der Waals surface area contributed by atoms with Gasteiger partial charge in [-0.2, -0.15) is 0 Å². The van der Waals surface area contributed by atoms with Crippen molar-refractivity contribution >= 4 is 5.69 Å². The van der Waals surface area contributed by atoms with Crippen molar-refractivity contribution in [1.29, 1.82) is 0 Å². The van der Waals surface area contributed by atoms with Crippen LogP contribution in [0.2, 0.25) is 0 Å². The van der Waals surface area contributed by atoms with Gasteiger partial charge in [-0.1, -0.05) is 13.8 Å². The number of aromatic amines is 1. The van der Waals surface area contributed by atoms with Crippen molar-refractivity contribution < 1.29 is 0 Å². The molecule has 0 atom stereocenters. The van der Waals surface area contributed by atoms with Gasteiger partial charge in [-0.25, -0.2) is 0 Å². The summed E-state index contributed by atoms with van der Waals surface area (Å²) < 4.78 is 0. The van der Waals surface area contributed by atoms with Gasteiger partial charge in [0, 0.05) is 12.3 Å². The largest absolute Gasteiger partial charge is 0.397 e. The summed E-state index contributed by atoms with van der Waals surface area (Å²) in [7, 11) is 0. The first-order valence-electron chi connectivity index (χ1n) is 3.65. The lowest BCUT2D eigenvalue weighted by Crippen LogP contribution is -2.05. The molecule has 0 bridgehead atoms. The van der Waals surface area contributed by atoms with Crippen LogP contribution in [0.4, 0.5) is 5.69 Å². The number of hydrogen-bond donors (Lipinski definition) is 2. The highest BCUT2D eigenvalue weighted by Crippen LogP contribution is 2.01. The van der Waals surface area contributed by atoms with E-state index in [1.54, 1.807) is 6.92 Å². The fourth-order valence-electron chi connectivity index (χ4n) is 0.584. The summed E-state index contributed by atoms with van der Waals surface area (Å²) in [6.45, 7) is 5.80. The van der Waals surface area contributed by atoms with E-state index in [9.17, 15) is 4.79 Å². The maximum Gasteiger partial charge on any atom is 0.248 e. The average Bonchev–Trinajstić information content (AvgIpc) is 2.02. The molecule has 3 heteroatoms. The fraction of sp³-hybridized carbons (Fsp3) is 0.375. The van der Waals surface area contributed by atoms with E-state index in [1.807, 2.05) is 13.8 Å². The van der Waals surface area contributed by atoms with Crippen LogP contribution in [0.5, 0.6) is 0 Å². The van der Waals surface area contributed by atoms with E-state index in [-0.39, 0.29) is 5.56 Å². The first-order valence-corrected chi connectivity index (χ1v) is 3.65. The molecule has 0 aromatic carbocycles. The molecule has 0 unspecified atom stereocenters. The van der Waals surface area contributed by atoms with Crippen molar-refractivity contribution in [1.82, 2.24) is 4.98 Å². The third-order valence-electron chi connectivity index (χ3n) is 1.17. The molecule has 0 fully saturated rings. The predicted octanol–water partition coefficient (Wildman–Crippen LogP) is 1.29. The molecule has 11 heavy (non-hydrogen) atoms. The van der Waals surface area contributed by atoms with Gasteiger partial charge in [-0.15, -0.1) is 0 Å². The molecule has 0 saturated carbocycles. The highest BCUT2D eigenvalue weighted by molar-refractivity contribution is 5.42. The van der Waals surface area contributed by atoms with Crippen LogP contribution >= 0.6 is 0 Å². The number of hydrogen-bond acceptors (Lipinski definition) is 2. The average molecular weight is 154 g/mol. The Hall–Kier alpha value is -1.25. The van der Waals surface area contributed by atoms with Gasteiger partial charge >= 0.3 is 0 Å². The minimum absolute atomic E-state index is 0.110. The Morgan fingerprint density at radius 3 is 2.36 bits per heavy atom. The normalized spacial score (nSPS) is 8.27. The summed E-state index contributed by atoms with van der Waals surface area (Å²) in [5, 5.41) is 0. The molecule has 1 rings (SSSR count). The van der Waals surface area contributed by atoms with Crippen molar-refractivity contribution in [2.75, 3.05) is 5.73 Å². The first kappa shape index (κ1) is 9.75. The predicted molar refractivity (Wildman–Crippen MR) is 47.6 cm³/mol. The van der Waals surface area contributed by atoms with Gasteiger partial charge in [0.25, 0.3) is 0 Å². The van der Waals surface area contributed by atoms with Crippen molar-refractivity contribution in [3.05, 3.63) is 28.2 Å². The van der Waals surface area contributed by atoms with Crippen LogP contribution in [0.1, 0.15) is 19.4 Å². The maximum absolute atomic E-state index is 10.5. The maximum atomic E-state index is 10.5. The lowest BCUT2D eigenvalue weighted by Gasteiger charge is -1.93. The molecule has 0 aliphatic heterocycles. The number of nitrogens with one attached hydrogen (secondary N) is 1. The highest BCUT2D eigenvalue weighted by Gasteiger charge is 1.89. The van der Waals surface area contributed by atoms with Gasteiger partial charge in [0.15, 0.2) is 0 Å². The van der Waals surface area contributed by atoms with E-state index >= 15 is 0 Å². The van der Waals surface area contributed by atoms with Gasteiger partial charge in [0.1, 0.15) is 0 Å². The summed E-state index contributed by atoms with van der Waals surface area (Å²) in [6, 6.07) is 1.47. The van der Waals surface area contributed by atoms with Crippen LogP contribution in [-0.2, 0) is 0 Å². The third-order valence-corrected chi connectivity index (χ3v) is 1.17. The SMILES string of the molecule is CC.Cc1cc(=O)[nH]cc1N. The second kappa shape index (κ2) is 4.55. The molecular weight excluding hydrogens is 140 g/mol. The molecule has 1 aromatic rings. The Morgan fingerprint density at radius 1 is 1.45 bits per heavy atom. The molecule has 62 valence electrons. The number of aromatic nitrogens is 1. The van der Waals surface area contributed by atoms with Gasteiger partial charge in [0.2, 0.25) is 5.56 Å². The minimum atomic E-state index is -0.110. The number of nitrogen functional groups attached to an aromatic ring is 1. The van der Waals surface area contributed by atoms with E-state index in [0.717, 1.165) is 5.56 Å². The van der Waals surface area contributed by atoms with Crippen LogP contribution in [0.3, 0.4) is 0 Å². The number of anilines is 1. The number of pyridine rings is 1. The van der Waals surface area contributed by atoms with Gasteiger partial charge in [-0.05, 0) is 12.5 Å². The van der Waals surface area contributed by atoms with E-state index in [1.165, 1.54) is 12.3 Å². The van der Waals surface area contributed by atoms with Gasteiger partial charge in [-0.3, -0.25) is 4.79 Å². The molecule has 0 aliphatic carbocycles. The lowest BCUT2D eigenvalue weighted by atomic mass is 10.3. The van der Waals surface area contributed by atoms with E-state index in [2.05, 4.69) is 4.98 Å². The molecule has 0 saturated heterocycles. The van der Waals surface area contributed by atoms with E-state index < -0.39 is 0 Å². The molecule has 3 N–H and O–H groups in total.